The number of nitrogens with zero attached hydrogens (tertiary/aromatic N) is 6. The maximum atomic E-state index is 12.8. The molecule has 1 aliphatic rings. The number of carbonyl (C=O) groups is 1. The summed E-state index contributed by atoms with van der Waals surface area (Å²) in [6.07, 6.45) is 3.95. The van der Waals surface area contributed by atoms with Crippen molar-refractivity contribution >= 4 is 27.8 Å². The molecule has 0 N–H and O–H groups in total. The van der Waals surface area contributed by atoms with Gasteiger partial charge in [-0.1, -0.05) is 30.3 Å². The molecule has 168 valence electrons. The van der Waals surface area contributed by atoms with Gasteiger partial charge < -0.3 is 4.90 Å². The second-order valence-electron chi connectivity index (χ2n) is 7.77. The van der Waals surface area contributed by atoms with Gasteiger partial charge in [0.15, 0.2) is 0 Å². The number of sulfonamides is 1. The minimum absolute atomic E-state index is 0.0133. The van der Waals surface area contributed by atoms with Crippen LogP contribution in [0, 0.1) is 13.8 Å². The van der Waals surface area contributed by atoms with E-state index in [2.05, 4.69) is 15.1 Å². The smallest absolute Gasteiger partial charge is 0.252 e. The molecule has 1 fully saturated rings. The molecule has 4 rings (SSSR count). The van der Waals surface area contributed by atoms with E-state index in [4.69, 9.17) is 0 Å². The molecular weight excluding hydrogens is 428 g/mol. The summed E-state index contributed by atoms with van der Waals surface area (Å²) >= 11 is 0. The molecule has 0 atom stereocenters. The van der Waals surface area contributed by atoms with Gasteiger partial charge in [0.25, 0.3) is 5.78 Å². The predicted molar refractivity (Wildman–Crippen MR) is 121 cm³/mol. The van der Waals surface area contributed by atoms with Crippen molar-refractivity contribution in [2.45, 2.75) is 26.7 Å². The van der Waals surface area contributed by atoms with E-state index in [1.807, 2.05) is 44.2 Å². The molecule has 0 spiro atoms. The summed E-state index contributed by atoms with van der Waals surface area (Å²) in [5, 5.41) is 5.42. The number of hydrogen-bond acceptors (Lipinski definition) is 6. The zero-order chi connectivity index (χ0) is 22.7. The van der Waals surface area contributed by atoms with Crippen molar-refractivity contribution in [3.05, 3.63) is 64.6 Å². The van der Waals surface area contributed by atoms with Gasteiger partial charge in [-0.3, -0.25) is 4.79 Å². The molecule has 10 heteroatoms. The Labute approximate surface area is 187 Å². The Balaban J connectivity index is 1.33. The van der Waals surface area contributed by atoms with Gasteiger partial charge in [0.1, 0.15) is 6.33 Å². The lowest BCUT2D eigenvalue weighted by atomic mass is 10.1. The van der Waals surface area contributed by atoms with E-state index in [0.717, 1.165) is 22.5 Å². The van der Waals surface area contributed by atoms with E-state index >= 15 is 0 Å². The van der Waals surface area contributed by atoms with E-state index in [0.29, 0.717) is 31.7 Å². The SMILES string of the molecule is Cc1nc2ncnn2c(C)c1CCC(=O)N1CCN(S(=O)(=O)/C=C/c2ccccc2)CC1. The summed E-state index contributed by atoms with van der Waals surface area (Å²) in [5.41, 5.74) is 3.59. The molecule has 32 heavy (non-hydrogen) atoms. The molecule has 0 radical (unpaired) electrons. The Morgan fingerprint density at radius 3 is 2.53 bits per heavy atom. The number of fused-ring (bicyclic) bond motifs is 1. The number of amides is 1. The molecule has 3 heterocycles. The second kappa shape index (κ2) is 9.17. The molecule has 1 amide bonds. The van der Waals surface area contributed by atoms with Crippen molar-refractivity contribution in [3.63, 3.8) is 0 Å². The van der Waals surface area contributed by atoms with Gasteiger partial charge in [-0.05, 0) is 37.5 Å². The fraction of sp³-hybridized carbons (Fsp3) is 0.364. The van der Waals surface area contributed by atoms with E-state index in [9.17, 15) is 13.2 Å². The first-order valence-electron chi connectivity index (χ1n) is 10.5. The topological polar surface area (TPSA) is 101 Å². The van der Waals surface area contributed by atoms with Crippen LogP contribution in [0.4, 0.5) is 0 Å². The van der Waals surface area contributed by atoms with Crippen molar-refractivity contribution in [1.29, 1.82) is 0 Å². The monoisotopic (exact) mass is 454 g/mol. The summed E-state index contributed by atoms with van der Waals surface area (Å²) in [5.74, 6) is 0.563. The largest absolute Gasteiger partial charge is 0.340 e. The van der Waals surface area contributed by atoms with Crippen molar-refractivity contribution in [2.75, 3.05) is 26.2 Å². The number of piperazine rings is 1. The predicted octanol–water partition coefficient (Wildman–Crippen LogP) is 1.82. The van der Waals surface area contributed by atoms with E-state index in [1.165, 1.54) is 16.0 Å². The first-order valence-corrected chi connectivity index (χ1v) is 12.0. The maximum Gasteiger partial charge on any atom is 0.252 e. The summed E-state index contributed by atoms with van der Waals surface area (Å²) < 4.78 is 28.3. The Morgan fingerprint density at radius 1 is 1.09 bits per heavy atom. The third-order valence-electron chi connectivity index (χ3n) is 5.76. The Bertz CT molecular complexity index is 1250. The molecule has 3 aromatic rings. The zero-order valence-corrected chi connectivity index (χ0v) is 19.0. The lowest BCUT2D eigenvalue weighted by molar-refractivity contribution is -0.132. The maximum absolute atomic E-state index is 12.8. The van der Waals surface area contributed by atoms with Crippen LogP contribution in [0.25, 0.3) is 11.9 Å². The molecule has 2 aromatic heterocycles. The van der Waals surface area contributed by atoms with Crippen LogP contribution in [0.2, 0.25) is 0 Å². The van der Waals surface area contributed by atoms with Crippen LogP contribution < -0.4 is 0 Å². The van der Waals surface area contributed by atoms with Crippen molar-refractivity contribution < 1.29 is 13.2 Å². The number of rotatable bonds is 6. The van der Waals surface area contributed by atoms with Gasteiger partial charge in [0.05, 0.1) is 0 Å². The lowest BCUT2D eigenvalue weighted by Gasteiger charge is -2.33. The Hall–Kier alpha value is -3.11. The van der Waals surface area contributed by atoms with Crippen molar-refractivity contribution in [2.24, 2.45) is 0 Å². The number of aromatic nitrogens is 4. The van der Waals surface area contributed by atoms with Crippen LogP contribution in [0.5, 0.6) is 0 Å². The van der Waals surface area contributed by atoms with Gasteiger partial charge in [0.2, 0.25) is 15.9 Å². The fourth-order valence-electron chi connectivity index (χ4n) is 3.91. The van der Waals surface area contributed by atoms with Crippen LogP contribution >= 0.6 is 0 Å². The third kappa shape index (κ3) is 4.71. The van der Waals surface area contributed by atoms with Gasteiger partial charge in [-0.2, -0.15) is 14.4 Å². The fourth-order valence-corrected chi connectivity index (χ4v) is 5.09. The summed E-state index contributed by atoms with van der Waals surface area (Å²) in [6.45, 7) is 5.21. The van der Waals surface area contributed by atoms with Crippen molar-refractivity contribution in [1.82, 2.24) is 28.8 Å². The first-order chi connectivity index (χ1) is 15.3. The number of benzene rings is 1. The van der Waals surface area contributed by atoms with Crippen LogP contribution in [0.1, 0.15) is 28.9 Å². The van der Waals surface area contributed by atoms with Gasteiger partial charge >= 0.3 is 0 Å². The van der Waals surface area contributed by atoms with Crippen LogP contribution in [-0.4, -0.2) is 69.3 Å². The summed E-state index contributed by atoms with van der Waals surface area (Å²) in [7, 11) is -3.52. The summed E-state index contributed by atoms with van der Waals surface area (Å²) in [4.78, 5) is 23.1. The van der Waals surface area contributed by atoms with Gasteiger partial charge in [-0.25, -0.2) is 17.9 Å². The van der Waals surface area contributed by atoms with E-state index in [-0.39, 0.29) is 19.0 Å². The highest BCUT2D eigenvalue weighted by Crippen LogP contribution is 2.17. The number of carbonyl (C=O) groups excluding carboxylic acids is 1. The second-order valence-corrected chi connectivity index (χ2v) is 9.59. The molecule has 0 unspecified atom stereocenters. The number of hydrogen-bond donors (Lipinski definition) is 0. The normalized spacial score (nSPS) is 15.6. The highest BCUT2D eigenvalue weighted by molar-refractivity contribution is 7.92. The lowest BCUT2D eigenvalue weighted by Crippen LogP contribution is -2.50. The standard InChI is InChI=1S/C22H26N6O3S/c1-17-20(18(2)28-22(25-17)23-16-24-28)8-9-21(29)26-11-13-27(14-12-26)32(30,31)15-10-19-6-4-3-5-7-19/h3-7,10,15-16H,8-9,11-14H2,1-2H3/b15-10+. The van der Waals surface area contributed by atoms with Gasteiger partial charge in [0, 0.05) is 49.4 Å². The quantitative estimate of drug-likeness (QED) is 0.563. The molecule has 0 bridgehead atoms. The molecule has 1 saturated heterocycles. The molecule has 9 nitrogen and oxygen atoms in total. The minimum Gasteiger partial charge on any atom is -0.340 e. The molecule has 0 aliphatic carbocycles. The van der Waals surface area contributed by atoms with Crippen LogP contribution in [0.15, 0.2) is 42.1 Å². The van der Waals surface area contributed by atoms with Crippen LogP contribution in [0.3, 0.4) is 0 Å². The zero-order valence-electron chi connectivity index (χ0n) is 18.2. The van der Waals surface area contributed by atoms with Gasteiger partial charge in [-0.15, -0.1) is 0 Å². The Morgan fingerprint density at radius 2 is 1.81 bits per heavy atom. The Kier molecular flexibility index (Phi) is 6.33. The average Bonchev–Trinajstić information content (AvgIpc) is 3.27. The molecule has 1 aliphatic heterocycles. The average molecular weight is 455 g/mol. The highest BCUT2D eigenvalue weighted by atomic mass is 32.2. The van der Waals surface area contributed by atoms with E-state index in [1.54, 1.807) is 15.5 Å². The first kappa shape index (κ1) is 22.1. The third-order valence-corrected chi connectivity index (χ3v) is 7.33. The van der Waals surface area contributed by atoms with E-state index < -0.39 is 10.0 Å². The molecule has 0 saturated carbocycles. The van der Waals surface area contributed by atoms with Crippen LogP contribution in [-0.2, 0) is 21.2 Å². The molecule has 1 aromatic carbocycles. The molecular formula is C22H26N6O3S. The highest BCUT2D eigenvalue weighted by Gasteiger charge is 2.27. The van der Waals surface area contributed by atoms with Crippen molar-refractivity contribution in [3.8, 4) is 0 Å². The minimum atomic E-state index is -3.52. The summed E-state index contributed by atoms with van der Waals surface area (Å²) in [6, 6.07) is 9.30. The number of aryl methyl sites for hydroxylation is 2.